The number of rotatable bonds is 5. The number of halogens is 1. The zero-order valence-corrected chi connectivity index (χ0v) is 16.3. The lowest BCUT2D eigenvalue weighted by atomic mass is 10.1. The fourth-order valence-corrected chi connectivity index (χ4v) is 3.61. The average molecular weight is 406 g/mol. The Morgan fingerprint density at radius 2 is 1.92 bits per heavy atom. The standard InChI is InChI=1S/C19H24BrN3O2/c1-14-12-17(20)25-18(14)19(24)21-16(15-6-4-3-5-7-15)13-23-10-8-22(2)9-11-23/h3-7,12,16H,8-11,13H2,1-2H3,(H,21,24). The number of hydrogen-bond donors (Lipinski definition) is 1. The van der Waals surface area contributed by atoms with E-state index >= 15 is 0 Å². The van der Waals surface area contributed by atoms with Gasteiger partial charge in [0.05, 0.1) is 6.04 Å². The minimum atomic E-state index is -0.175. The van der Waals surface area contributed by atoms with Gasteiger partial charge < -0.3 is 14.6 Å². The van der Waals surface area contributed by atoms with E-state index in [1.165, 1.54) is 0 Å². The topological polar surface area (TPSA) is 48.7 Å². The first-order valence-corrected chi connectivity index (χ1v) is 9.35. The monoisotopic (exact) mass is 405 g/mol. The van der Waals surface area contributed by atoms with Gasteiger partial charge in [0, 0.05) is 38.3 Å². The highest BCUT2D eigenvalue weighted by molar-refractivity contribution is 9.10. The first kappa shape index (κ1) is 18.2. The molecule has 1 aromatic heterocycles. The molecule has 3 rings (SSSR count). The van der Waals surface area contributed by atoms with Crippen molar-refractivity contribution in [3.8, 4) is 0 Å². The van der Waals surface area contributed by atoms with Gasteiger partial charge in [-0.25, -0.2) is 0 Å². The molecule has 134 valence electrons. The van der Waals surface area contributed by atoms with Gasteiger partial charge in [0.1, 0.15) is 0 Å². The molecule has 1 atom stereocenters. The number of furan rings is 1. The van der Waals surface area contributed by atoms with E-state index in [0.717, 1.165) is 43.9 Å². The van der Waals surface area contributed by atoms with Crippen LogP contribution in [0.1, 0.15) is 27.7 Å². The van der Waals surface area contributed by atoms with Crippen molar-refractivity contribution in [2.45, 2.75) is 13.0 Å². The first-order valence-electron chi connectivity index (χ1n) is 8.55. The van der Waals surface area contributed by atoms with E-state index in [1.807, 2.05) is 31.2 Å². The Bertz CT molecular complexity index is 709. The minimum Gasteiger partial charge on any atom is -0.444 e. The van der Waals surface area contributed by atoms with Gasteiger partial charge in [-0.05, 0) is 41.5 Å². The van der Waals surface area contributed by atoms with Crippen molar-refractivity contribution in [3.63, 3.8) is 0 Å². The number of hydrogen-bond acceptors (Lipinski definition) is 4. The number of carbonyl (C=O) groups is 1. The molecule has 1 aliphatic heterocycles. The largest absolute Gasteiger partial charge is 0.444 e. The molecule has 5 nitrogen and oxygen atoms in total. The lowest BCUT2D eigenvalue weighted by Crippen LogP contribution is -2.47. The van der Waals surface area contributed by atoms with Crippen LogP contribution in [0.5, 0.6) is 0 Å². The Morgan fingerprint density at radius 1 is 1.24 bits per heavy atom. The molecule has 2 aromatic rings. The van der Waals surface area contributed by atoms with Crippen LogP contribution in [0.3, 0.4) is 0 Å². The van der Waals surface area contributed by atoms with Gasteiger partial charge in [0.25, 0.3) is 5.91 Å². The number of likely N-dealkylation sites (N-methyl/N-ethyl adjacent to an activating group) is 1. The van der Waals surface area contributed by atoms with Gasteiger partial charge in [-0.3, -0.25) is 9.69 Å². The van der Waals surface area contributed by atoms with Crippen LogP contribution in [0.25, 0.3) is 0 Å². The molecule has 2 heterocycles. The number of carbonyl (C=O) groups excluding carboxylic acids is 1. The van der Waals surface area contributed by atoms with Gasteiger partial charge in [-0.15, -0.1) is 0 Å². The van der Waals surface area contributed by atoms with E-state index in [-0.39, 0.29) is 11.9 Å². The summed E-state index contributed by atoms with van der Waals surface area (Å²) in [6.45, 7) is 6.81. The van der Waals surface area contributed by atoms with Crippen molar-refractivity contribution < 1.29 is 9.21 Å². The zero-order chi connectivity index (χ0) is 17.8. The molecule has 6 heteroatoms. The normalized spacial score (nSPS) is 17.4. The molecule has 1 unspecified atom stereocenters. The second-order valence-electron chi connectivity index (χ2n) is 6.60. The molecule has 25 heavy (non-hydrogen) atoms. The highest BCUT2D eigenvalue weighted by Crippen LogP contribution is 2.21. The molecule has 1 amide bonds. The van der Waals surface area contributed by atoms with Crippen molar-refractivity contribution in [2.24, 2.45) is 0 Å². The second kappa shape index (κ2) is 8.17. The number of benzene rings is 1. The van der Waals surface area contributed by atoms with Crippen LogP contribution in [0.4, 0.5) is 0 Å². The van der Waals surface area contributed by atoms with E-state index in [0.29, 0.717) is 10.4 Å². The molecule has 0 spiro atoms. The van der Waals surface area contributed by atoms with Crippen molar-refractivity contribution in [2.75, 3.05) is 39.8 Å². The van der Waals surface area contributed by atoms with Crippen LogP contribution in [0, 0.1) is 6.92 Å². The number of aryl methyl sites for hydroxylation is 1. The van der Waals surface area contributed by atoms with E-state index in [1.54, 1.807) is 0 Å². The van der Waals surface area contributed by atoms with Gasteiger partial charge >= 0.3 is 0 Å². The second-order valence-corrected chi connectivity index (χ2v) is 7.38. The summed E-state index contributed by atoms with van der Waals surface area (Å²) < 4.78 is 6.08. The number of nitrogens with zero attached hydrogens (tertiary/aromatic N) is 2. The predicted octanol–water partition coefficient (Wildman–Crippen LogP) is 3.07. The summed E-state index contributed by atoms with van der Waals surface area (Å²) in [5.41, 5.74) is 1.94. The molecule has 1 aliphatic rings. The number of amides is 1. The minimum absolute atomic E-state index is 0.0691. The van der Waals surface area contributed by atoms with Crippen LogP contribution in [-0.4, -0.2) is 55.5 Å². The van der Waals surface area contributed by atoms with E-state index in [9.17, 15) is 4.79 Å². The molecule has 0 saturated carbocycles. The maximum Gasteiger partial charge on any atom is 0.287 e. The zero-order valence-electron chi connectivity index (χ0n) is 14.7. The SMILES string of the molecule is Cc1cc(Br)oc1C(=O)NC(CN1CCN(C)CC1)c1ccccc1. The van der Waals surface area contributed by atoms with Crippen LogP contribution in [0.2, 0.25) is 0 Å². The number of piperazine rings is 1. The third-order valence-electron chi connectivity index (χ3n) is 4.64. The summed E-state index contributed by atoms with van der Waals surface area (Å²) >= 11 is 3.29. The molecule has 0 bridgehead atoms. The van der Waals surface area contributed by atoms with Gasteiger partial charge in [-0.2, -0.15) is 0 Å². The highest BCUT2D eigenvalue weighted by atomic mass is 79.9. The van der Waals surface area contributed by atoms with Crippen molar-refractivity contribution in [3.05, 3.63) is 58.0 Å². The Balaban J connectivity index is 1.74. The first-order chi connectivity index (χ1) is 12.0. The summed E-state index contributed by atoms with van der Waals surface area (Å²) in [6.07, 6.45) is 0. The Kier molecular flexibility index (Phi) is 5.93. The Hall–Kier alpha value is -1.63. The lowest BCUT2D eigenvalue weighted by molar-refractivity contribution is 0.0878. The Morgan fingerprint density at radius 3 is 2.52 bits per heavy atom. The maximum absolute atomic E-state index is 12.7. The third kappa shape index (κ3) is 4.71. The molecule has 0 radical (unpaired) electrons. The van der Waals surface area contributed by atoms with E-state index in [2.05, 4.69) is 50.2 Å². The van der Waals surface area contributed by atoms with E-state index < -0.39 is 0 Å². The van der Waals surface area contributed by atoms with Crippen molar-refractivity contribution in [1.29, 1.82) is 0 Å². The van der Waals surface area contributed by atoms with Gasteiger partial charge in [-0.1, -0.05) is 30.3 Å². The molecular weight excluding hydrogens is 382 g/mol. The van der Waals surface area contributed by atoms with Crippen molar-refractivity contribution in [1.82, 2.24) is 15.1 Å². The van der Waals surface area contributed by atoms with Crippen LogP contribution in [-0.2, 0) is 0 Å². The smallest absolute Gasteiger partial charge is 0.287 e. The molecule has 1 aromatic carbocycles. The van der Waals surface area contributed by atoms with Crippen LogP contribution < -0.4 is 5.32 Å². The van der Waals surface area contributed by atoms with Gasteiger partial charge in [0.2, 0.25) is 0 Å². The molecule has 1 fully saturated rings. The maximum atomic E-state index is 12.7. The van der Waals surface area contributed by atoms with Crippen LogP contribution >= 0.6 is 15.9 Å². The highest BCUT2D eigenvalue weighted by Gasteiger charge is 2.23. The third-order valence-corrected chi connectivity index (χ3v) is 5.03. The van der Waals surface area contributed by atoms with Crippen molar-refractivity contribution >= 4 is 21.8 Å². The summed E-state index contributed by atoms with van der Waals surface area (Å²) in [7, 11) is 2.14. The van der Waals surface area contributed by atoms with E-state index in [4.69, 9.17) is 4.42 Å². The number of nitrogens with one attached hydrogen (secondary N) is 1. The summed E-state index contributed by atoms with van der Waals surface area (Å²) in [6, 6.07) is 11.9. The summed E-state index contributed by atoms with van der Waals surface area (Å²) in [4.78, 5) is 17.4. The van der Waals surface area contributed by atoms with Crippen LogP contribution in [0.15, 0.2) is 45.5 Å². The fourth-order valence-electron chi connectivity index (χ4n) is 3.10. The predicted molar refractivity (Wildman–Crippen MR) is 102 cm³/mol. The molecule has 1 N–H and O–H groups in total. The molecular formula is C19H24BrN3O2. The summed E-state index contributed by atoms with van der Waals surface area (Å²) in [5, 5.41) is 3.15. The van der Waals surface area contributed by atoms with Gasteiger partial charge in [0.15, 0.2) is 10.4 Å². The quantitative estimate of drug-likeness (QED) is 0.830. The molecule has 1 saturated heterocycles. The fraction of sp³-hybridized carbons (Fsp3) is 0.421. The summed E-state index contributed by atoms with van der Waals surface area (Å²) in [5.74, 6) is 0.192. The average Bonchev–Trinajstić information content (AvgIpc) is 2.95. The Labute approximate surface area is 157 Å². The molecule has 0 aliphatic carbocycles. The lowest BCUT2D eigenvalue weighted by Gasteiger charge is -2.35.